The van der Waals surface area contributed by atoms with Gasteiger partial charge in [-0.15, -0.1) is 0 Å². The zero-order valence-electron chi connectivity index (χ0n) is 12.0. The first kappa shape index (κ1) is 14.9. The number of nitrogens with zero attached hydrogens (tertiary/aromatic N) is 4. The molecule has 0 saturated carbocycles. The number of hydrogen-bond acceptors (Lipinski definition) is 8. The van der Waals surface area contributed by atoms with Gasteiger partial charge in [0.1, 0.15) is 13.1 Å². The van der Waals surface area contributed by atoms with E-state index in [1.54, 1.807) is 0 Å². The van der Waals surface area contributed by atoms with Crippen molar-refractivity contribution in [2.75, 3.05) is 36.5 Å². The molecule has 2 amide bonds. The Labute approximate surface area is 122 Å². The Kier molecular flexibility index (Phi) is 4.85. The van der Waals surface area contributed by atoms with Crippen molar-refractivity contribution in [1.29, 1.82) is 0 Å². The number of hydrogen-bond donors (Lipinski definition) is 2. The summed E-state index contributed by atoms with van der Waals surface area (Å²) in [5.41, 5.74) is 0. The number of anilines is 2. The fourth-order valence-electron chi connectivity index (χ4n) is 1.78. The molecule has 2 heterocycles. The number of piperazine rings is 1. The van der Waals surface area contributed by atoms with Gasteiger partial charge in [-0.25, -0.2) is 0 Å². The number of rotatable bonds is 6. The van der Waals surface area contributed by atoms with E-state index in [0.29, 0.717) is 19.1 Å². The maximum atomic E-state index is 11.4. The Balaban J connectivity index is 2.25. The molecule has 1 fully saturated rings. The van der Waals surface area contributed by atoms with Crippen molar-refractivity contribution in [2.24, 2.45) is 0 Å². The standard InChI is InChI=1S/C12H18N6O3/c1-3-5-13-10-15-11(17-12(16-10)21-4-2)18-6-8(19)14-9(20)7-18/h3-7H2,1-2H3,(H,14,19,20)(H,13,15,16,17). The first-order valence-corrected chi connectivity index (χ1v) is 6.82. The minimum absolute atomic E-state index is 0.0224. The SMILES string of the molecule is CCCNc1nc(OCC)nc(N2CC(=O)NC(=O)C2)n1. The fourth-order valence-corrected chi connectivity index (χ4v) is 1.78. The van der Waals surface area contributed by atoms with Crippen molar-refractivity contribution in [1.82, 2.24) is 20.3 Å². The van der Waals surface area contributed by atoms with Crippen molar-refractivity contribution < 1.29 is 14.3 Å². The second kappa shape index (κ2) is 6.82. The molecule has 1 saturated heterocycles. The van der Waals surface area contributed by atoms with Crippen LogP contribution in [0.4, 0.5) is 11.9 Å². The Morgan fingerprint density at radius 3 is 2.52 bits per heavy atom. The quantitative estimate of drug-likeness (QED) is 0.679. The van der Waals surface area contributed by atoms with Gasteiger partial charge in [0.2, 0.25) is 23.7 Å². The van der Waals surface area contributed by atoms with E-state index in [1.807, 2.05) is 13.8 Å². The van der Waals surface area contributed by atoms with Gasteiger partial charge in [0, 0.05) is 6.54 Å². The summed E-state index contributed by atoms with van der Waals surface area (Å²) < 4.78 is 5.30. The van der Waals surface area contributed by atoms with Gasteiger partial charge in [-0.1, -0.05) is 6.92 Å². The third-order valence-electron chi connectivity index (χ3n) is 2.64. The van der Waals surface area contributed by atoms with Crippen molar-refractivity contribution >= 4 is 23.7 Å². The molecule has 9 heteroatoms. The van der Waals surface area contributed by atoms with Gasteiger partial charge in [0.05, 0.1) is 6.61 Å². The molecular weight excluding hydrogens is 276 g/mol. The lowest BCUT2D eigenvalue weighted by molar-refractivity contribution is -0.130. The van der Waals surface area contributed by atoms with Crippen LogP contribution in [0.3, 0.4) is 0 Å². The first-order chi connectivity index (χ1) is 10.1. The van der Waals surface area contributed by atoms with E-state index in [4.69, 9.17) is 4.74 Å². The molecule has 2 rings (SSSR count). The monoisotopic (exact) mass is 294 g/mol. The zero-order valence-corrected chi connectivity index (χ0v) is 12.0. The Morgan fingerprint density at radius 1 is 1.19 bits per heavy atom. The molecule has 21 heavy (non-hydrogen) atoms. The van der Waals surface area contributed by atoms with E-state index in [9.17, 15) is 9.59 Å². The highest BCUT2D eigenvalue weighted by molar-refractivity contribution is 6.02. The molecule has 1 aliphatic rings. The summed E-state index contributed by atoms with van der Waals surface area (Å²) in [6.07, 6.45) is 0.912. The molecule has 0 bridgehead atoms. The minimum Gasteiger partial charge on any atom is -0.464 e. The second-order valence-electron chi connectivity index (χ2n) is 4.43. The van der Waals surface area contributed by atoms with E-state index in [-0.39, 0.29) is 36.9 Å². The van der Waals surface area contributed by atoms with E-state index in [1.165, 1.54) is 4.90 Å². The second-order valence-corrected chi connectivity index (χ2v) is 4.43. The number of aromatic nitrogens is 3. The van der Waals surface area contributed by atoms with Crippen molar-refractivity contribution in [3.8, 4) is 6.01 Å². The van der Waals surface area contributed by atoms with E-state index in [0.717, 1.165) is 6.42 Å². The molecule has 9 nitrogen and oxygen atoms in total. The summed E-state index contributed by atoms with van der Waals surface area (Å²) in [5, 5.41) is 5.27. The van der Waals surface area contributed by atoms with Crippen LogP contribution in [0.15, 0.2) is 0 Å². The average Bonchev–Trinajstić information content (AvgIpc) is 2.44. The number of carbonyl (C=O) groups excluding carboxylic acids is 2. The molecule has 1 aliphatic heterocycles. The van der Waals surface area contributed by atoms with Crippen LogP contribution in [0.2, 0.25) is 0 Å². The molecule has 0 aliphatic carbocycles. The molecule has 0 radical (unpaired) electrons. The van der Waals surface area contributed by atoms with Gasteiger partial charge in [-0.3, -0.25) is 14.9 Å². The summed E-state index contributed by atoms with van der Waals surface area (Å²) in [5.74, 6) is -0.153. The molecule has 1 aromatic rings. The van der Waals surface area contributed by atoms with Gasteiger partial charge >= 0.3 is 6.01 Å². The van der Waals surface area contributed by atoms with Crippen LogP contribution in [0, 0.1) is 0 Å². The summed E-state index contributed by atoms with van der Waals surface area (Å²) in [6.45, 7) is 5.00. The molecular formula is C12H18N6O3. The number of carbonyl (C=O) groups is 2. The number of ether oxygens (including phenoxy) is 1. The molecule has 0 atom stereocenters. The largest absolute Gasteiger partial charge is 0.464 e. The normalized spacial score (nSPS) is 14.9. The lowest BCUT2D eigenvalue weighted by atomic mass is 10.3. The highest BCUT2D eigenvalue weighted by atomic mass is 16.5. The fraction of sp³-hybridized carbons (Fsp3) is 0.583. The highest BCUT2D eigenvalue weighted by Gasteiger charge is 2.25. The van der Waals surface area contributed by atoms with Crippen LogP contribution in [0.25, 0.3) is 0 Å². The first-order valence-electron chi connectivity index (χ1n) is 6.82. The van der Waals surface area contributed by atoms with Gasteiger partial charge < -0.3 is 15.0 Å². The third kappa shape index (κ3) is 4.01. The maximum Gasteiger partial charge on any atom is 0.323 e. The predicted molar refractivity (Wildman–Crippen MR) is 75.1 cm³/mol. The lowest BCUT2D eigenvalue weighted by Crippen LogP contribution is -2.52. The Bertz CT molecular complexity index is 520. The topological polar surface area (TPSA) is 109 Å². The summed E-state index contributed by atoms with van der Waals surface area (Å²) in [7, 11) is 0. The van der Waals surface area contributed by atoms with E-state index < -0.39 is 0 Å². The van der Waals surface area contributed by atoms with Gasteiger partial charge in [0.15, 0.2) is 0 Å². The van der Waals surface area contributed by atoms with Gasteiger partial charge in [0.25, 0.3) is 0 Å². The lowest BCUT2D eigenvalue weighted by Gasteiger charge is -2.25. The Morgan fingerprint density at radius 2 is 1.90 bits per heavy atom. The number of amides is 2. The van der Waals surface area contributed by atoms with Crippen LogP contribution in [0.1, 0.15) is 20.3 Å². The zero-order chi connectivity index (χ0) is 15.2. The van der Waals surface area contributed by atoms with Crippen LogP contribution < -0.4 is 20.3 Å². The average molecular weight is 294 g/mol. The summed E-state index contributed by atoms with van der Waals surface area (Å²) in [4.78, 5) is 36.8. The third-order valence-corrected chi connectivity index (χ3v) is 2.64. The van der Waals surface area contributed by atoms with Crippen LogP contribution >= 0.6 is 0 Å². The van der Waals surface area contributed by atoms with Crippen molar-refractivity contribution in [3.63, 3.8) is 0 Å². The highest BCUT2D eigenvalue weighted by Crippen LogP contribution is 2.16. The Hall–Kier alpha value is -2.45. The maximum absolute atomic E-state index is 11.4. The van der Waals surface area contributed by atoms with Crippen molar-refractivity contribution in [2.45, 2.75) is 20.3 Å². The van der Waals surface area contributed by atoms with Crippen LogP contribution in [-0.4, -0.2) is 53.0 Å². The molecule has 1 aromatic heterocycles. The number of nitrogens with one attached hydrogen (secondary N) is 2. The smallest absolute Gasteiger partial charge is 0.323 e. The molecule has 114 valence electrons. The molecule has 0 unspecified atom stereocenters. The minimum atomic E-state index is -0.382. The molecule has 0 spiro atoms. The summed E-state index contributed by atoms with van der Waals surface area (Å²) in [6, 6.07) is 0.166. The van der Waals surface area contributed by atoms with Gasteiger partial charge in [-0.2, -0.15) is 15.0 Å². The van der Waals surface area contributed by atoms with Crippen LogP contribution in [-0.2, 0) is 9.59 Å². The predicted octanol–water partition coefficient (Wildman–Crippen LogP) is -0.445. The van der Waals surface area contributed by atoms with E-state index in [2.05, 4.69) is 25.6 Å². The van der Waals surface area contributed by atoms with Crippen LogP contribution in [0.5, 0.6) is 6.01 Å². The number of imide groups is 1. The summed E-state index contributed by atoms with van der Waals surface area (Å²) >= 11 is 0. The van der Waals surface area contributed by atoms with Gasteiger partial charge in [-0.05, 0) is 13.3 Å². The van der Waals surface area contributed by atoms with Crippen molar-refractivity contribution in [3.05, 3.63) is 0 Å². The molecule has 2 N–H and O–H groups in total. The van der Waals surface area contributed by atoms with E-state index >= 15 is 0 Å². The molecule has 0 aromatic carbocycles.